The Labute approximate surface area is 149 Å². The number of hydrogen-bond acceptors (Lipinski definition) is 3. The topological polar surface area (TPSA) is 57.5 Å². The normalized spacial score (nSPS) is 20.7. The first-order chi connectivity index (χ1) is 12.2. The number of aromatic nitrogens is 1. The molecule has 0 spiro atoms. The predicted molar refractivity (Wildman–Crippen MR) is 97.9 cm³/mol. The van der Waals surface area contributed by atoms with Crippen molar-refractivity contribution in [3.05, 3.63) is 60.4 Å². The fraction of sp³-hybridized carbons (Fsp3) is 0.450. The summed E-state index contributed by atoms with van der Waals surface area (Å²) < 4.78 is 2.09. The van der Waals surface area contributed by atoms with E-state index >= 15 is 0 Å². The Bertz CT molecular complexity index is 642. The Morgan fingerprint density at radius 1 is 1.16 bits per heavy atom. The molecule has 1 aliphatic heterocycles. The molecule has 3 rings (SSSR count). The quantitative estimate of drug-likeness (QED) is 0.772. The Morgan fingerprint density at radius 3 is 2.68 bits per heavy atom. The lowest BCUT2D eigenvalue weighted by atomic mass is 10.1. The van der Waals surface area contributed by atoms with Crippen molar-refractivity contribution in [1.29, 1.82) is 0 Å². The summed E-state index contributed by atoms with van der Waals surface area (Å²) >= 11 is 0. The molecule has 1 aliphatic rings. The van der Waals surface area contributed by atoms with Gasteiger partial charge in [0.1, 0.15) is 0 Å². The minimum Gasteiger partial charge on any atom is -0.392 e. The summed E-state index contributed by atoms with van der Waals surface area (Å²) in [6.07, 6.45) is 5.81. The fourth-order valence-corrected chi connectivity index (χ4v) is 3.44. The van der Waals surface area contributed by atoms with Crippen molar-refractivity contribution in [1.82, 2.24) is 14.8 Å². The lowest BCUT2D eigenvalue weighted by Crippen LogP contribution is -2.39. The van der Waals surface area contributed by atoms with Crippen LogP contribution in [0.4, 0.5) is 0 Å². The number of amides is 1. The molecule has 2 aromatic rings. The minimum absolute atomic E-state index is 0.0909. The van der Waals surface area contributed by atoms with E-state index in [4.69, 9.17) is 0 Å². The Kier molecular flexibility index (Phi) is 6.25. The molecule has 2 atom stereocenters. The summed E-state index contributed by atoms with van der Waals surface area (Å²) in [7, 11) is 0. The van der Waals surface area contributed by atoms with Crippen LogP contribution in [-0.4, -0.2) is 45.7 Å². The maximum absolute atomic E-state index is 12.1. The summed E-state index contributed by atoms with van der Waals surface area (Å²) in [4.78, 5) is 14.3. The van der Waals surface area contributed by atoms with Gasteiger partial charge in [0, 0.05) is 51.0 Å². The standard InChI is InChI=1S/C20H27N3O2/c24-19-13-18(23(16-19)15-17-7-2-1-3-8-17)14-21-20(25)9-6-12-22-10-4-5-11-22/h1-5,7-8,10-11,18-19,24H,6,9,12-16H2,(H,21,25). The van der Waals surface area contributed by atoms with Crippen molar-refractivity contribution < 1.29 is 9.90 Å². The molecule has 5 heteroatoms. The first-order valence-electron chi connectivity index (χ1n) is 9.04. The summed E-state index contributed by atoms with van der Waals surface area (Å²) in [6, 6.07) is 14.5. The van der Waals surface area contributed by atoms with Crippen LogP contribution < -0.4 is 5.32 Å². The molecule has 2 N–H and O–H groups in total. The van der Waals surface area contributed by atoms with Crippen LogP contribution in [0.2, 0.25) is 0 Å². The molecule has 2 heterocycles. The first kappa shape index (κ1) is 17.7. The highest BCUT2D eigenvalue weighted by atomic mass is 16.3. The van der Waals surface area contributed by atoms with E-state index in [0.29, 0.717) is 19.5 Å². The van der Waals surface area contributed by atoms with Crippen LogP contribution in [0, 0.1) is 0 Å². The highest BCUT2D eigenvalue weighted by molar-refractivity contribution is 5.75. The molecule has 1 fully saturated rings. The Morgan fingerprint density at radius 2 is 1.92 bits per heavy atom. The molecule has 0 aliphatic carbocycles. The van der Waals surface area contributed by atoms with Gasteiger partial charge < -0.3 is 15.0 Å². The summed E-state index contributed by atoms with van der Waals surface area (Å²) in [6.45, 7) is 2.95. The van der Waals surface area contributed by atoms with Crippen LogP contribution in [0.3, 0.4) is 0 Å². The number of nitrogens with zero attached hydrogens (tertiary/aromatic N) is 2. The molecule has 2 unspecified atom stereocenters. The van der Waals surface area contributed by atoms with Crippen molar-refractivity contribution in [2.75, 3.05) is 13.1 Å². The van der Waals surface area contributed by atoms with Gasteiger partial charge in [-0.05, 0) is 30.5 Å². The molecule has 0 saturated carbocycles. The van der Waals surface area contributed by atoms with Gasteiger partial charge in [-0.2, -0.15) is 0 Å². The Balaban J connectivity index is 1.41. The van der Waals surface area contributed by atoms with E-state index in [1.54, 1.807) is 0 Å². The van der Waals surface area contributed by atoms with Crippen LogP contribution in [0.15, 0.2) is 54.9 Å². The molecular weight excluding hydrogens is 314 g/mol. The minimum atomic E-state index is -0.306. The van der Waals surface area contributed by atoms with E-state index in [0.717, 1.165) is 25.9 Å². The van der Waals surface area contributed by atoms with Crippen molar-refractivity contribution in [2.45, 2.75) is 44.5 Å². The third kappa shape index (κ3) is 5.44. The van der Waals surface area contributed by atoms with Crippen LogP contribution in [-0.2, 0) is 17.9 Å². The van der Waals surface area contributed by atoms with Crippen molar-refractivity contribution in [3.8, 4) is 0 Å². The zero-order valence-electron chi connectivity index (χ0n) is 14.6. The van der Waals surface area contributed by atoms with E-state index in [-0.39, 0.29) is 18.1 Å². The maximum Gasteiger partial charge on any atom is 0.220 e. The fourth-order valence-electron chi connectivity index (χ4n) is 3.44. The average molecular weight is 341 g/mol. The molecule has 134 valence electrons. The van der Waals surface area contributed by atoms with Gasteiger partial charge in [-0.1, -0.05) is 30.3 Å². The lowest BCUT2D eigenvalue weighted by Gasteiger charge is -2.24. The highest BCUT2D eigenvalue weighted by Gasteiger charge is 2.30. The number of carbonyl (C=O) groups is 1. The third-order valence-corrected chi connectivity index (χ3v) is 4.76. The number of hydrogen-bond donors (Lipinski definition) is 2. The van der Waals surface area contributed by atoms with Gasteiger partial charge in [-0.15, -0.1) is 0 Å². The van der Waals surface area contributed by atoms with Crippen LogP contribution >= 0.6 is 0 Å². The number of aliphatic hydroxyl groups is 1. The SMILES string of the molecule is O=C(CCCn1cccc1)NCC1CC(O)CN1Cc1ccccc1. The number of aliphatic hydroxyl groups excluding tert-OH is 1. The molecule has 0 radical (unpaired) electrons. The molecular formula is C20H27N3O2. The zero-order chi connectivity index (χ0) is 17.5. The van der Waals surface area contributed by atoms with Gasteiger partial charge in [-0.25, -0.2) is 0 Å². The van der Waals surface area contributed by atoms with E-state index in [9.17, 15) is 9.90 Å². The number of β-amino-alcohol motifs (C(OH)–C–C–N with tert-alkyl or cyclic N) is 1. The van der Waals surface area contributed by atoms with E-state index in [1.165, 1.54) is 5.56 Å². The summed E-state index contributed by atoms with van der Waals surface area (Å²) in [5, 5.41) is 13.0. The van der Waals surface area contributed by atoms with E-state index in [1.807, 2.05) is 42.7 Å². The predicted octanol–water partition coefficient (Wildman–Crippen LogP) is 2.02. The second-order valence-electron chi connectivity index (χ2n) is 6.79. The number of likely N-dealkylation sites (tertiary alicyclic amines) is 1. The van der Waals surface area contributed by atoms with Crippen molar-refractivity contribution >= 4 is 5.91 Å². The molecule has 1 saturated heterocycles. The van der Waals surface area contributed by atoms with Crippen LogP contribution in [0.25, 0.3) is 0 Å². The van der Waals surface area contributed by atoms with Gasteiger partial charge in [0.05, 0.1) is 6.10 Å². The van der Waals surface area contributed by atoms with Crippen molar-refractivity contribution in [3.63, 3.8) is 0 Å². The van der Waals surface area contributed by atoms with Crippen molar-refractivity contribution in [2.24, 2.45) is 0 Å². The zero-order valence-corrected chi connectivity index (χ0v) is 14.6. The Hall–Kier alpha value is -2.11. The molecule has 25 heavy (non-hydrogen) atoms. The largest absolute Gasteiger partial charge is 0.392 e. The number of carbonyl (C=O) groups excluding carboxylic acids is 1. The monoisotopic (exact) mass is 341 g/mol. The van der Waals surface area contributed by atoms with Gasteiger partial charge in [0.2, 0.25) is 5.91 Å². The number of benzene rings is 1. The molecule has 1 amide bonds. The van der Waals surface area contributed by atoms with Crippen LogP contribution in [0.1, 0.15) is 24.8 Å². The van der Waals surface area contributed by atoms with E-state index in [2.05, 4.69) is 26.9 Å². The number of nitrogens with one attached hydrogen (secondary N) is 1. The molecule has 1 aromatic heterocycles. The molecule has 0 bridgehead atoms. The number of aryl methyl sites for hydroxylation is 1. The molecule has 1 aromatic carbocycles. The average Bonchev–Trinajstić information content (AvgIpc) is 3.24. The highest BCUT2D eigenvalue weighted by Crippen LogP contribution is 2.20. The summed E-state index contributed by atoms with van der Waals surface area (Å²) in [5.74, 6) is 0.0909. The van der Waals surface area contributed by atoms with Gasteiger partial charge in [0.15, 0.2) is 0 Å². The summed E-state index contributed by atoms with van der Waals surface area (Å²) in [5.41, 5.74) is 1.24. The second kappa shape index (κ2) is 8.83. The third-order valence-electron chi connectivity index (χ3n) is 4.76. The van der Waals surface area contributed by atoms with Gasteiger partial charge in [-0.3, -0.25) is 9.69 Å². The number of rotatable bonds is 8. The second-order valence-corrected chi connectivity index (χ2v) is 6.79. The van der Waals surface area contributed by atoms with Crippen LogP contribution in [0.5, 0.6) is 0 Å². The van der Waals surface area contributed by atoms with Gasteiger partial charge in [0.25, 0.3) is 0 Å². The maximum atomic E-state index is 12.1. The molecule has 5 nitrogen and oxygen atoms in total. The first-order valence-corrected chi connectivity index (χ1v) is 9.04. The smallest absolute Gasteiger partial charge is 0.220 e. The van der Waals surface area contributed by atoms with Gasteiger partial charge >= 0.3 is 0 Å². The van der Waals surface area contributed by atoms with E-state index < -0.39 is 0 Å². The lowest BCUT2D eigenvalue weighted by molar-refractivity contribution is -0.121.